The van der Waals surface area contributed by atoms with Gasteiger partial charge in [0.05, 0.1) is 6.10 Å². The maximum Gasteiger partial charge on any atom is 0.352 e. The van der Waals surface area contributed by atoms with Crippen molar-refractivity contribution < 1.29 is 23.8 Å². The highest BCUT2D eigenvalue weighted by Crippen LogP contribution is 2.44. The second-order valence-corrected chi connectivity index (χ2v) is 6.05. The van der Waals surface area contributed by atoms with E-state index in [2.05, 4.69) is 0 Å². The standard InChI is InChI=1S/C12H21F2NO3/c1-10(2,3)8(16)7-15-9(17)12(13,14)11(18)5-4-6-11/h8,16,18H,4-7H2,1-3H3,(H,15,17). The predicted octanol–water partition coefficient (Wildman–Crippen LogP) is 1.06. The molecule has 18 heavy (non-hydrogen) atoms. The van der Waals surface area contributed by atoms with Crippen molar-refractivity contribution >= 4 is 5.91 Å². The first-order chi connectivity index (χ1) is 8.01. The molecule has 1 unspecified atom stereocenters. The molecule has 0 aromatic carbocycles. The normalized spacial score (nSPS) is 21.1. The summed E-state index contributed by atoms with van der Waals surface area (Å²) in [6, 6.07) is 0. The number of amides is 1. The summed E-state index contributed by atoms with van der Waals surface area (Å²) in [6.07, 6.45) is -0.581. The van der Waals surface area contributed by atoms with Gasteiger partial charge in [-0.05, 0) is 24.7 Å². The van der Waals surface area contributed by atoms with E-state index in [1.165, 1.54) is 0 Å². The van der Waals surface area contributed by atoms with Crippen LogP contribution in [-0.4, -0.2) is 40.3 Å². The molecule has 1 fully saturated rings. The highest BCUT2D eigenvalue weighted by Gasteiger charge is 2.61. The van der Waals surface area contributed by atoms with Crippen LogP contribution in [0.25, 0.3) is 0 Å². The first kappa shape index (κ1) is 15.3. The van der Waals surface area contributed by atoms with E-state index in [0.717, 1.165) is 0 Å². The Balaban J connectivity index is 2.55. The zero-order chi connectivity index (χ0) is 14.2. The predicted molar refractivity (Wildman–Crippen MR) is 62.2 cm³/mol. The Bertz CT molecular complexity index is 322. The number of hydrogen-bond acceptors (Lipinski definition) is 3. The zero-order valence-corrected chi connectivity index (χ0v) is 11.0. The topological polar surface area (TPSA) is 69.6 Å². The molecule has 1 amide bonds. The Morgan fingerprint density at radius 3 is 2.22 bits per heavy atom. The molecule has 0 aromatic heterocycles. The average Bonchev–Trinajstić information content (AvgIpc) is 2.19. The Morgan fingerprint density at radius 2 is 1.89 bits per heavy atom. The molecule has 4 nitrogen and oxygen atoms in total. The van der Waals surface area contributed by atoms with Crippen molar-refractivity contribution in [1.82, 2.24) is 5.32 Å². The van der Waals surface area contributed by atoms with Crippen LogP contribution in [0.1, 0.15) is 40.0 Å². The van der Waals surface area contributed by atoms with Gasteiger partial charge >= 0.3 is 5.92 Å². The lowest BCUT2D eigenvalue weighted by atomic mass is 9.75. The molecule has 1 aliphatic carbocycles. The second-order valence-electron chi connectivity index (χ2n) is 6.05. The summed E-state index contributed by atoms with van der Waals surface area (Å²) < 4.78 is 27.3. The van der Waals surface area contributed by atoms with Gasteiger partial charge in [-0.3, -0.25) is 4.79 Å². The summed E-state index contributed by atoms with van der Waals surface area (Å²) >= 11 is 0. The minimum absolute atomic E-state index is 0.0742. The van der Waals surface area contributed by atoms with Crippen molar-refractivity contribution in [3.8, 4) is 0 Å². The van der Waals surface area contributed by atoms with Crippen molar-refractivity contribution in [1.29, 1.82) is 0 Å². The Hall–Kier alpha value is -0.750. The number of nitrogens with one attached hydrogen (secondary N) is 1. The van der Waals surface area contributed by atoms with Gasteiger partial charge in [0.25, 0.3) is 5.91 Å². The average molecular weight is 265 g/mol. The molecule has 0 spiro atoms. The molecule has 0 bridgehead atoms. The summed E-state index contributed by atoms with van der Waals surface area (Å²) in [7, 11) is 0. The lowest BCUT2D eigenvalue weighted by Crippen LogP contribution is -2.61. The first-order valence-electron chi connectivity index (χ1n) is 6.07. The summed E-state index contributed by atoms with van der Waals surface area (Å²) in [5, 5.41) is 21.2. The number of carbonyl (C=O) groups excluding carboxylic acids is 1. The van der Waals surface area contributed by atoms with Crippen LogP contribution in [-0.2, 0) is 4.79 Å². The van der Waals surface area contributed by atoms with Crippen molar-refractivity contribution in [2.45, 2.75) is 57.7 Å². The molecule has 0 aliphatic heterocycles. The van der Waals surface area contributed by atoms with Gasteiger partial charge in [0.2, 0.25) is 0 Å². The van der Waals surface area contributed by atoms with E-state index in [0.29, 0.717) is 6.42 Å². The van der Waals surface area contributed by atoms with Crippen LogP contribution in [0.4, 0.5) is 8.78 Å². The molecule has 1 saturated carbocycles. The van der Waals surface area contributed by atoms with E-state index in [-0.39, 0.29) is 19.4 Å². The van der Waals surface area contributed by atoms with Gasteiger partial charge in [0.15, 0.2) is 0 Å². The third kappa shape index (κ3) is 2.80. The Morgan fingerprint density at radius 1 is 1.39 bits per heavy atom. The van der Waals surface area contributed by atoms with Crippen LogP contribution in [0.15, 0.2) is 0 Å². The van der Waals surface area contributed by atoms with Gasteiger partial charge < -0.3 is 15.5 Å². The maximum atomic E-state index is 13.6. The molecule has 106 valence electrons. The molecule has 1 atom stereocenters. The molecular weight excluding hydrogens is 244 g/mol. The quantitative estimate of drug-likeness (QED) is 0.712. The van der Waals surface area contributed by atoms with Crippen molar-refractivity contribution in [3.05, 3.63) is 0 Å². The van der Waals surface area contributed by atoms with Gasteiger partial charge in [0.1, 0.15) is 5.60 Å². The lowest BCUT2D eigenvalue weighted by molar-refractivity contribution is -0.216. The fraction of sp³-hybridized carbons (Fsp3) is 0.917. The van der Waals surface area contributed by atoms with Gasteiger partial charge in [-0.1, -0.05) is 20.8 Å². The molecule has 0 saturated heterocycles. The van der Waals surface area contributed by atoms with Gasteiger partial charge in [0, 0.05) is 6.54 Å². The molecule has 6 heteroatoms. The van der Waals surface area contributed by atoms with Crippen molar-refractivity contribution in [3.63, 3.8) is 0 Å². The highest BCUT2D eigenvalue weighted by atomic mass is 19.3. The zero-order valence-electron chi connectivity index (χ0n) is 11.0. The lowest BCUT2D eigenvalue weighted by Gasteiger charge is -2.41. The van der Waals surface area contributed by atoms with Gasteiger partial charge in [-0.2, -0.15) is 8.78 Å². The number of aliphatic hydroxyl groups is 2. The number of carbonyl (C=O) groups is 1. The molecule has 0 heterocycles. The van der Waals surface area contributed by atoms with Crippen LogP contribution in [0.2, 0.25) is 0 Å². The molecule has 1 aliphatic rings. The van der Waals surface area contributed by atoms with Crippen LogP contribution >= 0.6 is 0 Å². The fourth-order valence-corrected chi connectivity index (χ4v) is 1.64. The number of alkyl halides is 2. The molecule has 3 N–H and O–H groups in total. The van der Waals surface area contributed by atoms with E-state index < -0.39 is 28.9 Å². The third-order valence-electron chi connectivity index (χ3n) is 3.51. The smallest absolute Gasteiger partial charge is 0.352 e. The van der Waals surface area contributed by atoms with Crippen LogP contribution < -0.4 is 5.32 Å². The summed E-state index contributed by atoms with van der Waals surface area (Å²) in [6.45, 7) is 4.96. The van der Waals surface area contributed by atoms with E-state index in [4.69, 9.17) is 0 Å². The minimum Gasteiger partial charge on any atom is -0.391 e. The highest BCUT2D eigenvalue weighted by molar-refractivity contribution is 5.85. The number of aliphatic hydroxyl groups excluding tert-OH is 1. The molecular formula is C12H21F2NO3. The Labute approximate surface area is 105 Å². The van der Waals surface area contributed by atoms with Gasteiger partial charge in [-0.15, -0.1) is 0 Å². The maximum absolute atomic E-state index is 13.6. The van der Waals surface area contributed by atoms with Crippen LogP contribution in [0.3, 0.4) is 0 Å². The fourth-order valence-electron chi connectivity index (χ4n) is 1.64. The molecule has 0 radical (unpaired) electrons. The summed E-state index contributed by atoms with van der Waals surface area (Å²) in [5.74, 6) is -5.32. The number of rotatable bonds is 4. The van der Waals surface area contributed by atoms with E-state index in [9.17, 15) is 23.8 Å². The van der Waals surface area contributed by atoms with Crippen molar-refractivity contribution in [2.24, 2.45) is 5.41 Å². The minimum atomic E-state index is -3.80. The van der Waals surface area contributed by atoms with Gasteiger partial charge in [-0.25, -0.2) is 0 Å². The largest absolute Gasteiger partial charge is 0.391 e. The second kappa shape index (κ2) is 4.74. The van der Waals surface area contributed by atoms with Crippen molar-refractivity contribution in [2.75, 3.05) is 6.54 Å². The third-order valence-corrected chi connectivity index (χ3v) is 3.51. The van der Waals surface area contributed by atoms with E-state index in [1.807, 2.05) is 5.32 Å². The van der Waals surface area contributed by atoms with Crippen LogP contribution in [0, 0.1) is 5.41 Å². The molecule has 0 aromatic rings. The van der Waals surface area contributed by atoms with E-state index >= 15 is 0 Å². The SMILES string of the molecule is CC(C)(C)C(O)CNC(=O)C(F)(F)C1(O)CCC1. The monoisotopic (exact) mass is 265 g/mol. The Kier molecular flexibility index (Phi) is 4.03. The number of hydrogen-bond donors (Lipinski definition) is 3. The van der Waals surface area contributed by atoms with Crippen LogP contribution in [0.5, 0.6) is 0 Å². The molecule has 1 rings (SSSR count). The first-order valence-corrected chi connectivity index (χ1v) is 6.07. The summed E-state index contributed by atoms with van der Waals surface area (Å²) in [5.41, 5.74) is -2.72. The van der Waals surface area contributed by atoms with E-state index in [1.54, 1.807) is 20.8 Å². The number of halogens is 2. The summed E-state index contributed by atoms with van der Waals surface area (Å²) in [4.78, 5) is 11.4.